The van der Waals surface area contributed by atoms with Crippen molar-refractivity contribution in [2.45, 2.75) is 19.9 Å². The Bertz CT molecular complexity index is 651. The number of nitrogens with one attached hydrogen (secondary N) is 2. The second-order valence-electron chi connectivity index (χ2n) is 4.81. The van der Waals surface area contributed by atoms with Gasteiger partial charge in [0.15, 0.2) is 0 Å². The van der Waals surface area contributed by atoms with E-state index in [1.165, 1.54) is 12.1 Å². The first-order valence-corrected chi connectivity index (χ1v) is 7.01. The summed E-state index contributed by atoms with van der Waals surface area (Å²) in [7, 11) is 0. The molecule has 0 heterocycles. The Morgan fingerprint density at radius 2 is 1.50 bits per heavy atom. The molecule has 0 spiro atoms. The third kappa shape index (κ3) is 4.41. The Kier molecular flexibility index (Phi) is 5.25. The highest BCUT2D eigenvalue weighted by Crippen LogP contribution is 2.09. The van der Waals surface area contributed by atoms with Crippen LogP contribution in [0.3, 0.4) is 0 Å². The molecule has 0 aromatic heterocycles. The van der Waals surface area contributed by atoms with Gasteiger partial charge >= 0.3 is 11.8 Å². The summed E-state index contributed by atoms with van der Waals surface area (Å²) in [5.41, 5.74) is 2.44. The van der Waals surface area contributed by atoms with Crippen molar-refractivity contribution in [2.75, 3.05) is 5.32 Å². The van der Waals surface area contributed by atoms with E-state index in [4.69, 9.17) is 0 Å². The molecule has 0 aliphatic carbocycles. The third-order valence-corrected chi connectivity index (χ3v) is 3.19. The Labute approximate surface area is 128 Å². The molecule has 0 saturated carbocycles. The van der Waals surface area contributed by atoms with E-state index < -0.39 is 11.8 Å². The minimum atomic E-state index is -0.733. The topological polar surface area (TPSA) is 58.2 Å². The average Bonchev–Trinajstić information content (AvgIpc) is 2.54. The highest BCUT2D eigenvalue weighted by Gasteiger charge is 2.13. The van der Waals surface area contributed by atoms with E-state index in [0.29, 0.717) is 5.69 Å². The van der Waals surface area contributed by atoms with Crippen molar-refractivity contribution in [1.29, 1.82) is 0 Å². The number of carbonyl (C=O) groups is 2. The van der Waals surface area contributed by atoms with Crippen LogP contribution in [-0.4, -0.2) is 11.8 Å². The summed E-state index contributed by atoms with van der Waals surface area (Å²) < 4.78 is 12.8. The zero-order valence-corrected chi connectivity index (χ0v) is 12.2. The quantitative estimate of drug-likeness (QED) is 0.853. The highest BCUT2D eigenvalue weighted by molar-refractivity contribution is 6.39. The van der Waals surface area contributed by atoms with Crippen molar-refractivity contribution in [3.05, 3.63) is 65.5 Å². The van der Waals surface area contributed by atoms with Crippen molar-refractivity contribution < 1.29 is 14.0 Å². The molecule has 114 valence electrons. The fourth-order valence-electron chi connectivity index (χ4n) is 1.88. The molecule has 0 fully saturated rings. The van der Waals surface area contributed by atoms with Gasteiger partial charge in [-0.05, 0) is 41.8 Å². The van der Waals surface area contributed by atoms with Gasteiger partial charge in [-0.3, -0.25) is 9.59 Å². The Balaban J connectivity index is 1.86. The van der Waals surface area contributed by atoms with E-state index in [9.17, 15) is 14.0 Å². The lowest BCUT2D eigenvalue weighted by Crippen LogP contribution is -2.34. The normalized spacial score (nSPS) is 10.1. The van der Waals surface area contributed by atoms with Crippen LogP contribution in [0.4, 0.5) is 10.1 Å². The minimum absolute atomic E-state index is 0.168. The van der Waals surface area contributed by atoms with Crippen LogP contribution in [0.15, 0.2) is 48.5 Å². The van der Waals surface area contributed by atoms with Crippen LogP contribution in [0.2, 0.25) is 0 Å². The lowest BCUT2D eigenvalue weighted by Gasteiger charge is -2.07. The fourth-order valence-corrected chi connectivity index (χ4v) is 1.88. The number of anilines is 1. The van der Waals surface area contributed by atoms with Crippen LogP contribution in [0.5, 0.6) is 0 Å². The number of benzene rings is 2. The zero-order valence-electron chi connectivity index (χ0n) is 12.2. The minimum Gasteiger partial charge on any atom is -0.344 e. The van der Waals surface area contributed by atoms with E-state index in [0.717, 1.165) is 17.5 Å². The van der Waals surface area contributed by atoms with E-state index in [-0.39, 0.29) is 12.4 Å². The maximum Gasteiger partial charge on any atom is 0.313 e. The van der Waals surface area contributed by atoms with Gasteiger partial charge in [-0.1, -0.05) is 31.2 Å². The van der Waals surface area contributed by atoms with Crippen LogP contribution >= 0.6 is 0 Å². The second kappa shape index (κ2) is 7.36. The Hall–Kier alpha value is -2.69. The predicted octanol–water partition coefficient (Wildman–Crippen LogP) is 2.64. The molecule has 2 aromatic carbocycles. The van der Waals surface area contributed by atoms with Crippen LogP contribution in [0.1, 0.15) is 18.1 Å². The molecule has 0 aliphatic rings. The Morgan fingerprint density at radius 1 is 0.909 bits per heavy atom. The number of hydrogen-bond acceptors (Lipinski definition) is 2. The molecule has 22 heavy (non-hydrogen) atoms. The highest BCUT2D eigenvalue weighted by atomic mass is 19.1. The van der Waals surface area contributed by atoms with Crippen LogP contribution in [-0.2, 0) is 22.6 Å². The molecule has 2 rings (SSSR count). The number of rotatable bonds is 4. The molecular weight excluding hydrogens is 283 g/mol. The number of aryl methyl sites for hydroxylation is 1. The van der Waals surface area contributed by atoms with Gasteiger partial charge in [0.05, 0.1) is 0 Å². The Morgan fingerprint density at radius 3 is 2.09 bits per heavy atom. The van der Waals surface area contributed by atoms with Gasteiger partial charge in [0.2, 0.25) is 0 Å². The van der Waals surface area contributed by atoms with E-state index in [1.807, 2.05) is 19.1 Å². The van der Waals surface area contributed by atoms with Crippen molar-refractivity contribution >= 4 is 17.5 Å². The first-order valence-electron chi connectivity index (χ1n) is 7.01. The second-order valence-corrected chi connectivity index (χ2v) is 4.81. The smallest absolute Gasteiger partial charge is 0.313 e. The third-order valence-electron chi connectivity index (χ3n) is 3.19. The molecule has 0 atom stereocenters. The predicted molar refractivity (Wildman–Crippen MR) is 82.7 cm³/mol. The van der Waals surface area contributed by atoms with E-state index >= 15 is 0 Å². The standard InChI is InChI=1S/C17H17FN2O2/c1-2-12-5-9-15(10-6-12)20-17(22)16(21)19-11-13-3-7-14(18)8-4-13/h3-10H,2,11H2,1H3,(H,19,21)(H,20,22). The van der Waals surface area contributed by atoms with Gasteiger partial charge < -0.3 is 10.6 Å². The molecule has 0 radical (unpaired) electrons. The maximum atomic E-state index is 12.8. The lowest BCUT2D eigenvalue weighted by molar-refractivity contribution is -0.136. The van der Waals surface area contributed by atoms with Crippen molar-refractivity contribution in [2.24, 2.45) is 0 Å². The summed E-state index contributed by atoms with van der Waals surface area (Å²) in [6, 6.07) is 13.0. The van der Waals surface area contributed by atoms with E-state index in [1.54, 1.807) is 24.3 Å². The monoisotopic (exact) mass is 300 g/mol. The first-order chi connectivity index (χ1) is 10.6. The average molecular weight is 300 g/mol. The molecule has 2 N–H and O–H groups in total. The molecule has 2 amide bonds. The largest absolute Gasteiger partial charge is 0.344 e. The van der Waals surface area contributed by atoms with Crippen LogP contribution in [0, 0.1) is 5.82 Å². The summed E-state index contributed by atoms with van der Waals surface area (Å²) in [4.78, 5) is 23.5. The number of carbonyl (C=O) groups excluding carboxylic acids is 2. The maximum absolute atomic E-state index is 12.8. The van der Waals surface area contributed by atoms with Gasteiger partial charge in [0.25, 0.3) is 0 Å². The molecule has 0 saturated heterocycles. The lowest BCUT2D eigenvalue weighted by atomic mass is 10.1. The molecule has 5 heteroatoms. The molecule has 0 aliphatic heterocycles. The van der Waals surface area contributed by atoms with Crippen molar-refractivity contribution in [3.63, 3.8) is 0 Å². The van der Waals surface area contributed by atoms with Crippen LogP contribution < -0.4 is 10.6 Å². The molecule has 2 aromatic rings. The van der Waals surface area contributed by atoms with Gasteiger partial charge in [-0.2, -0.15) is 0 Å². The zero-order chi connectivity index (χ0) is 15.9. The van der Waals surface area contributed by atoms with Gasteiger partial charge in [-0.25, -0.2) is 4.39 Å². The van der Waals surface area contributed by atoms with Crippen molar-refractivity contribution in [1.82, 2.24) is 5.32 Å². The first kappa shape index (κ1) is 15.7. The SMILES string of the molecule is CCc1ccc(NC(=O)C(=O)NCc2ccc(F)cc2)cc1. The van der Waals surface area contributed by atoms with Gasteiger partial charge in [-0.15, -0.1) is 0 Å². The van der Waals surface area contributed by atoms with Crippen molar-refractivity contribution in [3.8, 4) is 0 Å². The van der Waals surface area contributed by atoms with E-state index in [2.05, 4.69) is 10.6 Å². The van der Waals surface area contributed by atoms with Gasteiger partial charge in [0.1, 0.15) is 5.82 Å². The van der Waals surface area contributed by atoms with Gasteiger partial charge in [0, 0.05) is 12.2 Å². The molecule has 4 nitrogen and oxygen atoms in total. The number of amides is 2. The molecule has 0 bridgehead atoms. The fraction of sp³-hybridized carbons (Fsp3) is 0.176. The summed E-state index contributed by atoms with van der Waals surface area (Å²) in [5.74, 6) is -1.81. The summed E-state index contributed by atoms with van der Waals surface area (Å²) >= 11 is 0. The molecule has 0 unspecified atom stereocenters. The summed E-state index contributed by atoms with van der Waals surface area (Å²) in [5, 5.41) is 5.01. The number of halogens is 1. The van der Waals surface area contributed by atoms with Crippen LogP contribution in [0.25, 0.3) is 0 Å². The molecular formula is C17H17FN2O2. The summed E-state index contributed by atoms with van der Waals surface area (Å²) in [6.07, 6.45) is 0.909. The number of hydrogen-bond donors (Lipinski definition) is 2. The summed E-state index contributed by atoms with van der Waals surface area (Å²) in [6.45, 7) is 2.21.